The van der Waals surface area contributed by atoms with Crippen LogP contribution in [0.25, 0.3) is 0 Å². The van der Waals surface area contributed by atoms with Gasteiger partial charge >= 0.3 is 0 Å². The van der Waals surface area contributed by atoms with Crippen molar-refractivity contribution in [1.82, 2.24) is 9.97 Å². The van der Waals surface area contributed by atoms with Gasteiger partial charge in [0.15, 0.2) is 5.75 Å². The summed E-state index contributed by atoms with van der Waals surface area (Å²) in [5.41, 5.74) is 0. The summed E-state index contributed by atoms with van der Waals surface area (Å²) >= 11 is 0. The fourth-order valence-corrected chi connectivity index (χ4v) is 0.402. The third-order valence-corrected chi connectivity index (χ3v) is 0.721. The van der Waals surface area contributed by atoms with Crippen molar-refractivity contribution in [3.63, 3.8) is 0 Å². The number of hydrogen-bond acceptors (Lipinski definition) is 4. The normalized spacial score (nSPS) is 8.44. The second-order valence-electron chi connectivity index (χ2n) is 1.29. The van der Waals surface area contributed by atoms with Crippen LogP contribution in [-0.2, 0) is 4.79 Å². The summed E-state index contributed by atoms with van der Waals surface area (Å²) in [5, 5.41) is 0. The molecule has 0 saturated carbocycles. The van der Waals surface area contributed by atoms with Crippen molar-refractivity contribution in [3.8, 4) is 5.75 Å². The number of rotatable bonds is 2. The van der Waals surface area contributed by atoms with Gasteiger partial charge in [-0.1, -0.05) is 0 Å². The van der Waals surface area contributed by atoms with E-state index in [4.69, 9.17) is 0 Å². The molecule has 1 aromatic heterocycles. The number of ether oxygens (including phenoxy) is 1. The van der Waals surface area contributed by atoms with E-state index in [-0.39, 0.29) is 0 Å². The Kier molecular flexibility index (Phi) is 1.74. The van der Waals surface area contributed by atoms with Gasteiger partial charge in [0.2, 0.25) is 0 Å². The third kappa shape index (κ3) is 1.49. The highest BCUT2D eigenvalue weighted by Crippen LogP contribution is 2.00. The minimum atomic E-state index is 0.332. The minimum Gasteiger partial charge on any atom is -0.425 e. The molecule has 0 aromatic carbocycles. The molecule has 0 radical (unpaired) electrons. The molecule has 0 bridgehead atoms. The van der Waals surface area contributed by atoms with Crippen LogP contribution >= 0.6 is 0 Å². The van der Waals surface area contributed by atoms with E-state index in [9.17, 15) is 4.79 Å². The lowest BCUT2D eigenvalue weighted by Gasteiger charge is -1.90. The Balaban J connectivity index is 2.72. The van der Waals surface area contributed by atoms with E-state index in [1.807, 2.05) is 0 Å². The zero-order valence-electron chi connectivity index (χ0n) is 4.52. The Bertz CT molecular complexity index is 187. The molecular formula is C5H4N2O2. The van der Waals surface area contributed by atoms with Gasteiger partial charge in [-0.15, -0.1) is 0 Å². The summed E-state index contributed by atoms with van der Waals surface area (Å²) < 4.78 is 4.40. The molecule has 0 saturated heterocycles. The number of carbonyl (C=O) groups is 1. The first-order valence-electron chi connectivity index (χ1n) is 2.29. The topological polar surface area (TPSA) is 52.1 Å². The van der Waals surface area contributed by atoms with Gasteiger partial charge in [0.25, 0.3) is 6.47 Å². The first kappa shape index (κ1) is 5.68. The highest BCUT2D eigenvalue weighted by molar-refractivity contribution is 5.43. The maximum atomic E-state index is 9.70. The highest BCUT2D eigenvalue weighted by Gasteiger charge is 1.86. The molecule has 4 nitrogen and oxygen atoms in total. The van der Waals surface area contributed by atoms with Crippen LogP contribution in [0.1, 0.15) is 0 Å². The SMILES string of the molecule is O=COc1cncnc1. The second kappa shape index (κ2) is 2.76. The molecule has 9 heavy (non-hydrogen) atoms. The van der Waals surface area contributed by atoms with Crippen LogP contribution < -0.4 is 4.74 Å². The summed E-state index contributed by atoms with van der Waals surface area (Å²) in [6.45, 7) is 0.332. The zero-order chi connectivity index (χ0) is 6.53. The van der Waals surface area contributed by atoms with Gasteiger partial charge in [0.05, 0.1) is 12.4 Å². The van der Waals surface area contributed by atoms with Crippen LogP contribution in [-0.4, -0.2) is 16.4 Å². The molecule has 0 fully saturated rings. The quantitative estimate of drug-likeness (QED) is 0.521. The standard InChI is InChI=1S/C5H4N2O2/c8-4-9-5-1-6-3-7-2-5/h1-4H. The van der Waals surface area contributed by atoms with Gasteiger partial charge in [0.1, 0.15) is 6.33 Å². The van der Waals surface area contributed by atoms with E-state index in [0.29, 0.717) is 12.2 Å². The van der Waals surface area contributed by atoms with Crippen molar-refractivity contribution in [2.45, 2.75) is 0 Å². The molecule has 0 unspecified atom stereocenters. The molecule has 4 heteroatoms. The summed E-state index contributed by atoms with van der Waals surface area (Å²) in [4.78, 5) is 16.9. The molecule has 0 aliphatic heterocycles. The van der Waals surface area contributed by atoms with Gasteiger partial charge in [-0.3, -0.25) is 4.79 Å². The van der Waals surface area contributed by atoms with E-state index in [0.717, 1.165) is 0 Å². The first-order chi connectivity index (χ1) is 4.43. The second-order valence-corrected chi connectivity index (χ2v) is 1.29. The summed E-state index contributed by atoms with van der Waals surface area (Å²) in [7, 11) is 0. The number of hydrogen-bond donors (Lipinski definition) is 0. The Morgan fingerprint density at radius 1 is 1.44 bits per heavy atom. The number of aromatic nitrogens is 2. The van der Waals surface area contributed by atoms with E-state index in [1.54, 1.807) is 0 Å². The largest absolute Gasteiger partial charge is 0.425 e. The van der Waals surface area contributed by atoms with Crippen molar-refractivity contribution in [2.24, 2.45) is 0 Å². The third-order valence-electron chi connectivity index (χ3n) is 0.721. The van der Waals surface area contributed by atoms with Crippen molar-refractivity contribution < 1.29 is 9.53 Å². The van der Waals surface area contributed by atoms with Crippen LogP contribution in [0, 0.1) is 0 Å². The lowest BCUT2D eigenvalue weighted by atomic mass is 10.6. The number of carbonyl (C=O) groups excluding carboxylic acids is 1. The first-order valence-corrected chi connectivity index (χ1v) is 2.29. The lowest BCUT2D eigenvalue weighted by molar-refractivity contribution is -0.120. The maximum Gasteiger partial charge on any atom is 0.298 e. The van der Waals surface area contributed by atoms with Gasteiger partial charge in [-0.05, 0) is 0 Å². The molecule has 0 spiro atoms. The molecule has 0 N–H and O–H groups in total. The van der Waals surface area contributed by atoms with Crippen LogP contribution in [0.5, 0.6) is 5.75 Å². The molecule has 0 aliphatic carbocycles. The van der Waals surface area contributed by atoms with Gasteiger partial charge in [-0.2, -0.15) is 0 Å². The van der Waals surface area contributed by atoms with Gasteiger partial charge in [0, 0.05) is 0 Å². The molecular weight excluding hydrogens is 120 g/mol. The molecule has 46 valence electrons. The summed E-state index contributed by atoms with van der Waals surface area (Å²) in [6.07, 6.45) is 4.17. The smallest absolute Gasteiger partial charge is 0.298 e. The highest BCUT2D eigenvalue weighted by atomic mass is 16.5. The average Bonchev–Trinajstić information content (AvgIpc) is 1.91. The molecule has 0 atom stereocenters. The lowest BCUT2D eigenvalue weighted by Crippen LogP contribution is -1.88. The van der Waals surface area contributed by atoms with Crippen LogP contribution in [0.15, 0.2) is 18.7 Å². The zero-order valence-corrected chi connectivity index (χ0v) is 4.52. The Hall–Kier alpha value is -1.45. The average molecular weight is 124 g/mol. The molecule has 1 aromatic rings. The maximum absolute atomic E-state index is 9.70. The van der Waals surface area contributed by atoms with E-state index in [1.165, 1.54) is 18.7 Å². The molecule has 1 heterocycles. The fraction of sp³-hybridized carbons (Fsp3) is 0. The van der Waals surface area contributed by atoms with Crippen molar-refractivity contribution in [1.29, 1.82) is 0 Å². The monoisotopic (exact) mass is 124 g/mol. The minimum absolute atomic E-state index is 0.332. The van der Waals surface area contributed by atoms with Crippen LogP contribution in [0.3, 0.4) is 0 Å². The Morgan fingerprint density at radius 3 is 2.67 bits per heavy atom. The summed E-state index contributed by atoms with van der Waals surface area (Å²) in [5.74, 6) is 0.354. The molecule has 1 rings (SSSR count). The van der Waals surface area contributed by atoms with Gasteiger partial charge < -0.3 is 4.74 Å². The Morgan fingerprint density at radius 2 is 2.11 bits per heavy atom. The van der Waals surface area contributed by atoms with Crippen molar-refractivity contribution >= 4 is 6.47 Å². The van der Waals surface area contributed by atoms with Crippen molar-refractivity contribution in [2.75, 3.05) is 0 Å². The van der Waals surface area contributed by atoms with Crippen LogP contribution in [0.4, 0.5) is 0 Å². The van der Waals surface area contributed by atoms with Crippen molar-refractivity contribution in [3.05, 3.63) is 18.7 Å². The molecule has 0 amide bonds. The summed E-state index contributed by atoms with van der Waals surface area (Å²) in [6, 6.07) is 0. The van der Waals surface area contributed by atoms with Crippen LogP contribution in [0.2, 0.25) is 0 Å². The number of nitrogens with zero attached hydrogens (tertiary/aromatic N) is 2. The fourth-order valence-electron chi connectivity index (χ4n) is 0.402. The predicted octanol–water partition coefficient (Wildman–Crippen LogP) is 0.0118. The van der Waals surface area contributed by atoms with E-state index < -0.39 is 0 Å². The van der Waals surface area contributed by atoms with E-state index in [2.05, 4.69) is 14.7 Å². The Labute approximate surface area is 51.5 Å². The molecule has 0 aliphatic rings. The van der Waals surface area contributed by atoms with E-state index >= 15 is 0 Å². The predicted molar refractivity (Wildman–Crippen MR) is 28.7 cm³/mol. The van der Waals surface area contributed by atoms with Gasteiger partial charge in [-0.25, -0.2) is 9.97 Å².